The van der Waals surface area contributed by atoms with Crippen molar-refractivity contribution in [2.75, 3.05) is 0 Å². The molecule has 1 rings (SSSR count). The molecule has 0 aliphatic heterocycles. The monoisotopic (exact) mass is 220 g/mol. The minimum atomic E-state index is -0.739. The molecular weight excluding hydrogens is 204 g/mol. The van der Waals surface area contributed by atoms with Crippen LogP contribution in [0.5, 0.6) is 0 Å². The zero-order valence-corrected chi connectivity index (χ0v) is 10.0. The second kappa shape index (κ2) is 4.12. The third-order valence-corrected chi connectivity index (χ3v) is 2.75. The zero-order valence-electron chi connectivity index (χ0n) is 10.0. The molecule has 0 aromatic heterocycles. The molecule has 1 aromatic carbocycles. The van der Waals surface area contributed by atoms with Crippen LogP contribution in [0, 0.1) is 9.81 Å². The quantitative estimate of drug-likeness (QED) is 0.726. The van der Waals surface area contributed by atoms with Crippen LogP contribution in [0.4, 0.5) is 0 Å². The van der Waals surface area contributed by atoms with E-state index in [9.17, 15) is 9.81 Å². The van der Waals surface area contributed by atoms with Gasteiger partial charge in [0, 0.05) is 0 Å². The Hall–Kier alpha value is -1.58. The van der Waals surface area contributed by atoms with Gasteiger partial charge in [0.25, 0.3) is 0 Å². The van der Waals surface area contributed by atoms with Gasteiger partial charge < -0.3 is 0 Å². The Balaban J connectivity index is 3.09. The average molecular weight is 220 g/mol. The minimum Gasteiger partial charge on any atom is -0.150 e. The fourth-order valence-corrected chi connectivity index (χ4v) is 1.39. The van der Waals surface area contributed by atoms with Crippen molar-refractivity contribution in [3.8, 4) is 0 Å². The molecule has 86 valence electrons. The molecular formula is C12H16N2O2. The summed E-state index contributed by atoms with van der Waals surface area (Å²) in [6.45, 7) is 6.99. The van der Waals surface area contributed by atoms with Crippen molar-refractivity contribution in [2.24, 2.45) is 10.4 Å². The van der Waals surface area contributed by atoms with E-state index < -0.39 is 11.1 Å². The lowest BCUT2D eigenvalue weighted by molar-refractivity contribution is 0.540. The van der Waals surface area contributed by atoms with Gasteiger partial charge in [-0.25, -0.2) is 0 Å². The lowest BCUT2D eigenvalue weighted by Crippen LogP contribution is -2.15. The number of hydrogen-bond acceptors (Lipinski definition) is 4. The van der Waals surface area contributed by atoms with Crippen LogP contribution in [0.15, 0.2) is 34.6 Å². The summed E-state index contributed by atoms with van der Waals surface area (Å²) in [7, 11) is 0. The average Bonchev–Trinajstić information content (AvgIpc) is 2.29. The molecule has 16 heavy (non-hydrogen) atoms. The van der Waals surface area contributed by atoms with Gasteiger partial charge in [-0.15, -0.1) is 9.81 Å². The molecule has 0 aliphatic rings. The molecule has 1 aromatic rings. The number of nitrogens with zero attached hydrogens (tertiary/aromatic N) is 2. The van der Waals surface area contributed by atoms with Crippen LogP contribution in [0.3, 0.4) is 0 Å². The van der Waals surface area contributed by atoms with Crippen molar-refractivity contribution in [1.29, 1.82) is 0 Å². The molecule has 0 saturated carbocycles. The summed E-state index contributed by atoms with van der Waals surface area (Å²) in [6, 6.07) is 7.24. The van der Waals surface area contributed by atoms with Crippen LogP contribution in [-0.4, -0.2) is 0 Å². The summed E-state index contributed by atoms with van der Waals surface area (Å²) in [4.78, 5) is 21.3. The molecule has 0 bridgehead atoms. The Bertz CT molecular complexity index is 355. The highest BCUT2D eigenvalue weighted by atomic mass is 16.3. The Labute approximate surface area is 95.0 Å². The number of nitroso groups, excluding NO2 is 2. The molecule has 0 aliphatic carbocycles. The van der Waals surface area contributed by atoms with Gasteiger partial charge in [-0.3, -0.25) is 0 Å². The minimum absolute atomic E-state index is 0.739. The molecule has 0 fully saturated rings. The Morgan fingerprint density at radius 2 is 1.00 bits per heavy atom. The maximum atomic E-state index is 10.6. The molecule has 4 heteroatoms. The number of rotatable bonds is 4. The first-order valence-electron chi connectivity index (χ1n) is 5.13. The fraction of sp³-hybridized carbons (Fsp3) is 0.500. The van der Waals surface area contributed by atoms with Gasteiger partial charge in [0.05, 0.1) is 0 Å². The van der Waals surface area contributed by atoms with Crippen molar-refractivity contribution in [2.45, 2.75) is 38.8 Å². The first-order chi connectivity index (χ1) is 7.33. The third-order valence-electron chi connectivity index (χ3n) is 2.75. The highest BCUT2D eigenvalue weighted by molar-refractivity contribution is 5.31. The highest BCUT2D eigenvalue weighted by Crippen LogP contribution is 2.29. The van der Waals surface area contributed by atoms with Crippen LogP contribution < -0.4 is 0 Å². The summed E-state index contributed by atoms with van der Waals surface area (Å²) < 4.78 is 0. The summed E-state index contributed by atoms with van der Waals surface area (Å²) in [6.07, 6.45) is 0. The lowest BCUT2D eigenvalue weighted by Gasteiger charge is -2.19. The summed E-state index contributed by atoms with van der Waals surface area (Å²) >= 11 is 0. The van der Waals surface area contributed by atoms with E-state index in [1.807, 2.05) is 24.3 Å². The van der Waals surface area contributed by atoms with E-state index >= 15 is 0 Å². The third kappa shape index (κ3) is 2.32. The van der Waals surface area contributed by atoms with Gasteiger partial charge in [0.1, 0.15) is 11.1 Å². The Morgan fingerprint density at radius 3 is 1.19 bits per heavy atom. The van der Waals surface area contributed by atoms with E-state index in [-0.39, 0.29) is 0 Å². The number of hydrogen-bond donors (Lipinski definition) is 0. The van der Waals surface area contributed by atoms with Crippen molar-refractivity contribution in [3.63, 3.8) is 0 Å². The Morgan fingerprint density at radius 1 is 0.750 bits per heavy atom. The van der Waals surface area contributed by atoms with E-state index in [1.54, 1.807) is 27.7 Å². The van der Waals surface area contributed by atoms with E-state index in [4.69, 9.17) is 0 Å². The second-order valence-electron chi connectivity index (χ2n) is 4.88. The van der Waals surface area contributed by atoms with Crippen LogP contribution in [0.2, 0.25) is 0 Å². The first kappa shape index (κ1) is 12.5. The van der Waals surface area contributed by atoms with E-state index in [1.165, 1.54) is 0 Å². The SMILES string of the molecule is CC(C)(N=O)c1ccc(C(C)(C)N=O)cc1. The van der Waals surface area contributed by atoms with Crippen LogP contribution in [0.25, 0.3) is 0 Å². The van der Waals surface area contributed by atoms with Crippen molar-refractivity contribution < 1.29 is 0 Å². The summed E-state index contributed by atoms with van der Waals surface area (Å²) in [5, 5.41) is 6.13. The fourth-order valence-electron chi connectivity index (χ4n) is 1.39. The zero-order chi connectivity index (χ0) is 12.4. The van der Waals surface area contributed by atoms with Crippen molar-refractivity contribution in [1.82, 2.24) is 0 Å². The van der Waals surface area contributed by atoms with E-state index in [2.05, 4.69) is 10.4 Å². The molecule has 0 radical (unpaired) electrons. The highest BCUT2D eigenvalue weighted by Gasteiger charge is 2.24. The predicted octanol–water partition coefficient (Wildman–Crippen LogP) is 3.69. The van der Waals surface area contributed by atoms with E-state index in [0.29, 0.717) is 0 Å². The maximum Gasteiger partial charge on any atom is 0.122 e. The molecule has 0 heterocycles. The van der Waals surface area contributed by atoms with Gasteiger partial charge in [0.15, 0.2) is 0 Å². The molecule has 0 spiro atoms. The lowest BCUT2D eigenvalue weighted by atomic mass is 9.90. The molecule has 0 N–H and O–H groups in total. The van der Waals surface area contributed by atoms with Gasteiger partial charge in [-0.05, 0) is 38.8 Å². The predicted molar refractivity (Wildman–Crippen MR) is 64.1 cm³/mol. The van der Waals surface area contributed by atoms with Crippen molar-refractivity contribution >= 4 is 0 Å². The van der Waals surface area contributed by atoms with Crippen LogP contribution in [0.1, 0.15) is 38.8 Å². The summed E-state index contributed by atoms with van der Waals surface area (Å²) in [5.41, 5.74) is 0.176. The van der Waals surface area contributed by atoms with Gasteiger partial charge in [0.2, 0.25) is 0 Å². The van der Waals surface area contributed by atoms with E-state index in [0.717, 1.165) is 11.1 Å². The standard InChI is InChI=1S/C12H16N2O2/c1-11(2,13-15)9-5-7-10(8-6-9)12(3,4)14-16/h5-8H,1-4H3. The second-order valence-corrected chi connectivity index (χ2v) is 4.88. The van der Waals surface area contributed by atoms with Gasteiger partial charge in [-0.2, -0.15) is 0 Å². The smallest absolute Gasteiger partial charge is 0.122 e. The molecule has 0 atom stereocenters. The van der Waals surface area contributed by atoms with Crippen LogP contribution >= 0.6 is 0 Å². The summed E-state index contributed by atoms with van der Waals surface area (Å²) in [5.74, 6) is 0. The van der Waals surface area contributed by atoms with Gasteiger partial charge >= 0.3 is 0 Å². The maximum absolute atomic E-state index is 10.6. The van der Waals surface area contributed by atoms with Crippen molar-refractivity contribution in [3.05, 3.63) is 45.2 Å². The van der Waals surface area contributed by atoms with Gasteiger partial charge in [-0.1, -0.05) is 34.6 Å². The molecule has 4 nitrogen and oxygen atoms in total. The number of benzene rings is 1. The first-order valence-corrected chi connectivity index (χ1v) is 5.13. The van der Waals surface area contributed by atoms with Crippen LogP contribution in [-0.2, 0) is 11.1 Å². The largest absolute Gasteiger partial charge is 0.150 e. The topological polar surface area (TPSA) is 58.9 Å². The molecule has 0 amide bonds. The molecule has 0 unspecified atom stereocenters. The normalized spacial score (nSPS) is 12.2. The molecule has 0 saturated heterocycles. The Kier molecular flexibility index (Phi) is 3.21.